The number of anilines is 1. The summed E-state index contributed by atoms with van der Waals surface area (Å²) in [6, 6.07) is 5.71. The van der Waals surface area contributed by atoms with Gasteiger partial charge in [0, 0.05) is 22.7 Å². The molecule has 0 radical (unpaired) electrons. The molecule has 0 saturated carbocycles. The van der Waals surface area contributed by atoms with E-state index in [-0.39, 0.29) is 11.9 Å². The summed E-state index contributed by atoms with van der Waals surface area (Å²) >= 11 is 3.40. The lowest BCUT2D eigenvalue weighted by molar-refractivity contribution is 0.0456. The van der Waals surface area contributed by atoms with Gasteiger partial charge in [-0.1, -0.05) is 29.8 Å². The van der Waals surface area contributed by atoms with Gasteiger partial charge in [0.2, 0.25) is 0 Å². The molecule has 1 aromatic carbocycles. The summed E-state index contributed by atoms with van der Waals surface area (Å²) in [6.07, 6.45) is 1.18. The van der Waals surface area contributed by atoms with Gasteiger partial charge in [-0.3, -0.25) is 4.79 Å². The highest BCUT2D eigenvalue weighted by Crippen LogP contribution is 2.29. The third-order valence-electron chi connectivity index (χ3n) is 4.10. The van der Waals surface area contributed by atoms with Crippen molar-refractivity contribution in [3.8, 4) is 0 Å². The quantitative estimate of drug-likeness (QED) is 0.803. The molecule has 3 unspecified atom stereocenters. The average molecular weight is 325 g/mol. The summed E-state index contributed by atoms with van der Waals surface area (Å²) in [5, 5.41) is 0. The van der Waals surface area contributed by atoms with Crippen molar-refractivity contribution in [1.29, 1.82) is 0 Å². The molecule has 1 heterocycles. The van der Waals surface area contributed by atoms with Crippen LogP contribution in [0.25, 0.3) is 0 Å². The fourth-order valence-corrected chi connectivity index (χ4v) is 3.21. The van der Waals surface area contributed by atoms with Crippen molar-refractivity contribution in [3.63, 3.8) is 0 Å². The molecule has 0 spiro atoms. The number of carbonyl (C=O) groups is 1. The van der Waals surface area contributed by atoms with Crippen molar-refractivity contribution in [1.82, 2.24) is 4.90 Å². The van der Waals surface area contributed by atoms with Crippen molar-refractivity contribution in [3.05, 3.63) is 28.2 Å². The van der Waals surface area contributed by atoms with Crippen LogP contribution in [0.15, 0.2) is 22.7 Å². The first-order chi connectivity index (χ1) is 8.90. The highest BCUT2D eigenvalue weighted by molar-refractivity contribution is 9.10. The van der Waals surface area contributed by atoms with Crippen LogP contribution in [-0.4, -0.2) is 23.4 Å². The number of nitrogen functional groups attached to an aromatic ring is 1. The molecule has 3 nitrogen and oxygen atoms in total. The molecule has 4 heteroatoms. The second-order valence-electron chi connectivity index (χ2n) is 5.75. The first-order valence-corrected chi connectivity index (χ1v) is 7.55. The lowest BCUT2D eigenvalue weighted by atomic mass is 9.85. The Balaban J connectivity index is 2.30. The van der Waals surface area contributed by atoms with Gasteiger partial charge < -0.3 is 10.6 Å². The molecule has 104 valence electrons. The van der Waals surface area contributed by atoms with Crippen molar-refractivity contribution in [2.24, 2.45) is 11.8 Å². The van der Waals surface area contributed by atoms with E-state index in [0.29, 0.717) is 23.1 Å². The van der Waals surface area contributed by atoms with Gasteiger partial charge in [-0.25, -0.2) is 0 Å². The van der Waals surface area contributed by atoms with E-state index in [1.54, 1.807) is 6.07 Å². The first kappa shape index (κ1) is 14.4. The minimum atomic E-state index is 0.0460. The second-order valence-corrected chi connectivity index (χ2v) is 6.66. The number of rotatable bonds is 1. The van der Waals surface area contributed by atoms with Crippen LogP contribution in [0, 0.1) is 11.8 Å². The summed E-state index contributed by atoms with van der Waals surface area (Å²) < 4.78 is 0.885. The number of piperidine rings is 1. The Bertz CT molecular complexity index is 489. The minimum absolute atomic E-state index is 0.0460. The Morgan fingerprint density at radius 3 is 2.74 bits per heavy atom. The van der Waals surface area contributed by atoms with Gasteiger partial charge in [0.1, 0.15) is 0 Å². The number of hydrogen-bond acceptors (Lipinski definition) is 2. The van der Waals surface area contributed by atoms with E-state index >= 15 is 0 Å². The molecule has 0 aliphatic carbocycles. The number of carbonyl (C=O) groups excluding carboxylic acids is 1. The Morgan fingerprint density at radius 1 is 1.37 bits per heavy atom. The monoisotopic (exact) mass is 324 g/mol. The van der Waals surface area contributed by atoms with Gasteiger partial charge in [-0.15, -0.1) is 0 Å². The zero-order valence-electron chi connectivity index (χ0n) is 11.7. The smallest absolute Gasteiger partial charge is 0.256 e. The van der Waals surface area contributed by atoms with E-state index in [1.807, 2.05) is 17.0 Å². The van der Waals surface area contributed by atoms with Gasteiger partial charge in [-0.05, 0) is 43.4 Å². The van der Waals surface area contributed by atoms with Crippen LogP contribution in [0.4, 0.5) is 5.69 Å². The summed E-state index contributed by atoms with van der Waals surface area (Å²) in [6.45, 7) is 7.36. The molecule has 2 N–H and O–H groups in total. The number of likely N-dealkylation sites (tertiary alicyclic amines) is 1. The minimum Gasteiger partial charge on any atom is -0.398 e. The van der Waals surface area contributed by atoms with Crippen LogP contribution in [-0.2, 0) is 0 Å². The highest BCUT2D eigenvalue weighted by Gasteiger charge is 2.32. The first-order valence-electron chi connectivity index (χ1n) is 6.76. The van der Waals surface area contributed by atoms with E-state index in [9.17, 15) is 4.79 Å². The van der Waals surface area contributed by atoms with E-state index in [1.165, 1.54) is 6.42 Å². The Labute approximate surface area is 123 Å². The molecule has 19 heavy (non-hydrogen) atoms. The third-order valence-corrected chi connectivity index (χ3v) is 4.60. The molecule has 1 aliphatic heterocycles. The Morgan fingerprint density at radius 2 is 2.05 bits per heavy atom. The molecule has 0 aromatic heterocycles. The van der Waals surface area contributed by atoms with Crippen molar-refractivity contribution in [2.45, 2.75) is 33.2 Å². The van der Waals surface area contributed by atoms with E-state index in [4.69, 9.17) is 5.73 Å². The Hall–Kier alpha value is -1.03. The summed E-state index contributed by atoms with van der Waals surface area (Å²) in [5.74, 6) is 1.12. The van der Waals surface area contributed by atoms with E-state index in [0.717, 1.165) is 11.0 Å². The molecule has 1 saturated heterocycles. The van der Waals surface area contributed by atoms with Crippen molar-refractivity contribution < 1.29 is 4.79 Å². The molecule has 2 rings (SSSR count). The zero-order chi connectivity index (χ0) is 14.2. The van der Waals surface area contributed by atoms with Crippen LogP contribution in [0.1, 0.15) is 37.6 Å². The average Bonchev–Trinajstić information content (AvgIpc) is 2.36. The Kier molecular flexibility index (Phi) is 4.19. The van der Waals surface area contributed by atoms with Gasteiger partial charge >= 0.3 is 0 Å². The van der Waals surface area contributed by atoms with Crippen LogP contribution in [0.3, 0.4) is 0 Å². The van der Waals surface area contributed by atoms with E-state index in [2.05, 4.69) is 36.7 Å². The second kappa shape index (κ2) is 5.53. The van der Waals surface area contributed by atoms with Gasteiger partial charge in [0.15, 0.2) is 0 Å². The molecule has 1 fully saturated rings. The number of halogens is 1. The molecular weight excluding hydrogens is 304 g/mol. The van der Waals surface area contributed by atoms with E-state index < -0.39 is 0 Å². The SMILES string of the molecule is CC1CC(C)C(C)N(C(=O)c2cc(Br)ccc2N)C1. The number of hydrogen-bond donors (Lipinski definition) is 1. The van der Waals surface area contributed by atoms with Gasteiger partial charge in [0.05, 0.1) is 5.56 Å². The molecule has 0 bridgehead atoms. The van der Waals surface area contributed by atoms with Gasteiger partial charge in [-0.2, -0.15) is 0 Å². The number of benzene rings is 1. The lowest BCUT2D eigenvalue weighted by Gasteiger charge is -2.41. The van der Waals surface area contributed by atoms with Crippen LogP contribution < -0.4 is 5.73 Å². The molecule has 1 amide bonds. The van der Waals surface area contributed by atoms with Crippen molar-refractivity contribution >= 4 is 27.5 Å². The third kappa shape index (κ3) is 2.94. The van der Waals surface area contributed by atoms with Crippen LogP contribution in [0.2, 0.25) is 0 Å². The number of amides is 1. The zero-order valence-corrected chi connectivity index (χ0v) is 13.3. The van der Waals surface area contributed by atoms with Crippen molar-refractivity contribution in [2.75, 3.05) is 12.3 Å². The predicted octanol–water partition coefficient (Wildman–Crippen LogP) is 3.54. The summed E-state index contributed by atoms with van der Waals surface area (Å²) in [5.41, 5.74) is 7.09. The maximum atomic E-state index is 12.7. The molecular formula is C15H21BrN2O. The lowest BCUT2D eigenvalue weighted by Crippen LogP contribution is -2.49. The maximum absolute atomic E-state index is 12.7. The normalized spacial score (nSPS) is 27.4. The summed E-state index contributed by atoms with van der Waals surface area (Å²) in [4.78, 5) is 14.7. The van der Waals surface area contributed by atoms with Gasteiger partial charge in [0.25, 0.3) is 5.91 Å². The van der Waals surface area contributed by atoms with Crippen LogP contribution in [0.5, 0.6) is 0 Å². The highest BCUT2D eigenvalue weighted by atomic mass is 79.9. The largest absolute Gasteiger partial charge is 0.398 e. The molecule has 1 aromatic rings. The molecule has 1 aliphatic rings. The standard InChI is InChI=1S/C15H21BrN2O/c1-9-6-10(2)11(3)18(8-9)15(19)13-7-12(16)4-5-14(13)17/h4-5,7,9-11H,6,8,17H2,1-3H3. The van der Waals surface area contributed by atoms with Crippen LogP contribution >= 0.6 is 15.9 Å². The maximum Gasteiger partial charge on any atom is 0.256 e. The molecule has 3 atom stereocenters. The topological polar surface area (TPSA) is 46.3 Å². The fraction of sp³-hybridized carbons (Fsp3) is 0.533. The number of nitrogens with zero attached hydrogens (tertiary/aromatic N) is 1. The number of nitrogens with two attached hydrogens (primary N) is 1. The fourth-order valence-electron chi connectivity index (χ4n) is 2.85. The predicted molar refractivity (Wildman–Crippen MR) is 82.0 cm³/mol. The summed E-state index contributed by atoms with van der Waals surface area (Å²) in [7, 11) is 0.